The number of morpholine rings is 1. The maximum absolute atomic E-state index is 13.2. The number of benzene rings is 2. The summed E-state index contributed by atoms with van der Waals surface area (Å²) in [7, 11) is 1.62. The summed E-state index contributed by atoms with van der Waals surface area (Å²) in [6.07, 6.45) is 2.68. The van der Waals surface area contributed by atoms with E-state index >= 15 is 0 Å². The third kappa shape index (κ3) is 5.00. The molecule has 2 atom stereocenters. The number of hydrogen-bond donors (Lipinski definition) is 2. The molecular weight excluding hydrogens is 425 g/mol. The normalized spacial score (nSPS) is 20.5. The number of rotatable bonds is 8. The molecular formula is C24H28FN5O3. The Bertz CT molecular complexity index is 1080. The number of methoxy groups -OCH3 is 1. The quantitative estimate of drug-likeness (QED) is 0.504. The van der Waals surface area contributed by atoms with Crippen LogP contribution in [-0.4, -0.2) is 73.5 Å². The zero-order chi connectivity index (χ0) is 22.6. The van der Waals surface area contributed by atoms with E-state index < -0.39 is 0 Å². The van der Waals surface area contributed by atoms with Gasteiger partial charge >= 0.3 is 0 Å². The van der Waals surface area contributed by atoms with Gasteiger partial charge in [-0.3, -0.25) is 4.90 Å². The van der Waals surface area contributed by atoms with Crippen molar-refractivity contribution in [1.29, 1.82) is 0 Å². The summed E-state index contributed by atoms with van der Waals surface area (Å²) in [5, 5.41) is 7.56. The molecule has 3 aromatic rings. The molecule has 2 aromatic carbocycles. The first-order valence-electron chi connectivity index (χ1n) is 11.2. The van der Waals surface area contributed by atoms with Gasteiger partial charge in [-0.05, 0) is 36.8 Å². The van der Waals surface area contributed by atoms with E-state index in [4.69, 9.17) is 14.2 Å². The Hall–Kier alpha value is -3.01. The molecule has 2 aliphatic rings. The van der Waals surface area contributed by atoms with Gasteiger partial charge in [0.15, 0.2) is 11.5 Å². The van der Waals surface area contributed by atoms with E-state index in [1.54, 1.807) is 19.2 Å². The van der Waals surface area contributed by atoms with Gasteiger partial charge in [0.05, 0.1) is 31.9 Å². The fourth-order valence-corrected chi connectivity index (χ4v) is 4.43. The Kier molecular flexibility index (Phi) is 6.52. The number of fused-ring (bicyclic) bond motifs is 2. The van der Waals surface area contributed by atoms with Crippen LogP contribution in [0.15, 0.2) is 42.7 Å². The van der Waals surface area contributed by atoms with Crippen molar-refractivity contribution in [2.24, 2.45) is 0 Å². The molecule has 0 amide bonds. The van der Waals surface area contributed by atoms with E-state index in [2.05, 4.69) is 25.5 Å². The fraction of sp³-hybridized carbons (Fsp3) is 0.417. The molecule has 0 aliphatic carbocycles. The van der Waals surface area contributed by atoms with Crippen LogP contribution in [0.2, 0.25) is 0 Å². The summed E-state index contributed by atoms with van der Waals surface area (Å²) in [5.41, 5.74) is 1.46. The first kappa shape index (κ1) is 21.8. The molecule has 0 radical (unpaired) electrons. The van der Waals surface area contributed by atoms with Gasteiger partial charge in [-0.15, -0.1) is 0 Å². The predicted molar refractivity (Wildman–Crippen MR) is 124 cm³/mol. The summed E-state index contributed by atoms with van der Waals surface area (Å²) in [6, 6.07) is 10.3. The average molecular weight is 454 g/mol. The van der Waals surface area contributed by atoms with Crippen LogP contribution in [0.25, 0.3) is 10.9 Å². The summed E-state index contributed by atoms with van der Waals surface area (Å²) in [5.74, 6) is 1.59. The lowest BCUT2D eigenvalue weighted by atomic mass is 10.2. The van der Waals surface area contributed by atoms with Gasteiger partial charge in [-0.2, -0.15) is 0 Å². The van der Waals surface area contributed by atoms with E-state index in [0.717, 1.165) is 55.8 Å². The molecule has 9 heteroatoms. The molecule has 2 N–H and O–H groups in total. The molecule has 8 nitrogen and oxygen atoms in total. The average Bonchev–Trinajstić information content (AvgIpc) is 3.26. The molecule has 3 heterocycles. The predicted octanol–water partition coefficient (Wildman–Crippen LogP) is 2.96. The molecule has 5 rings (SSSR count). The molecule has 0 saturated carbocycles. The lowest BCUT2D eigenvalue weighted by Gasteiger charge is -2.25. The molecule has 2 saturated heterocycles. The van der Waals surface area contributed by atoms with Crippen LogP contribution in [0.4, 0.5) is 15.9 Å². The second kappa shape index (κ2) is 9.86. The summed E-state index contributed by atoms with van der Waals surface area (Å²) < 4.78 is 30.7. The largest absolute Gasteiger partial charge is 0.493 e. The Balaban J connectivity index is 1.25. The smallest absolute Gasteiger partial charge is 0.162 e. The Morgan fingerprint density at radius 2 is 2.06 bits per heavy atom. The van der Waals surface area contributed by atoms with Crippen molar-refractivity contribution in [2.45, 2.75) is 18.6 Å². The van der Waals surface area contributed by atoms with Crippen LogP contribution >= 0.6 is 0 Å². The maximum Gasteiger partial charge on any atom is 0.162 e. The Morgan fingerprint density at radius 1 is 1.18 bits per heavy atom. The van der Waals surface area contributed by atoms with Crippen molar-refractivity contribution < 1.29 is 18.6 Å². The maximum atomic E-state index is 13.2. The van der Waals surface area contributed by atoms with Gasteiger partial charge in [-0.25, -0.2) is 14.4 Å². The number of likely N-dealkylation sites (tertiary alicyclic amines) is 1. The SMILES string of the molecule is COc1cc2ncnc(Nc3ccc(F)cc3)c2cc1OCCCN1CC2NCCOC2C1. The van der Waals surface area contributed by atoms with Crippen molar-refractivity contribution in [3.05, 3.63) is 48.5 Å². The second-order valence-electron chi connectivity index (χ2n) is 8.31. The first-order chi connectivity index (χ1) is 16.2. The van der Waals surface area contributed by atoms with Crippen molar-refractivity contribution in [2.75, 3.05) is 51.8 Å². The summed E-state index contributed by atoms with van der Waals surface area (Å²) in [4.78, 5) is 11.2. The van der Waals surface area contributed by atoms with Gasteiger partial charge in [0.1, 0.15) is 18.0 Å². The molecule has 2 unspecified atom stereocenters. The number of nitrogens with one attached hydrogen (secondary N) is 2. The van der Waals surface area contributed by atoms with Gasteiger partial charge in [0, 0.05) is 49.4 Å². The molecule has 174 valence electrons. The van der Waals surface area contributed by atoms with Gasteiger partial charge in [-0.1, -0.05) is 0 Å². The minimum absolute atomic E-state index is 0.287. The summed E-state index contributed by atoms with van der Waals surface area (Å²) in [6.45, 7) is 5.22. The van der Waals surface area contributed by atoms with Crippen LogP contribution in [0.3, 0.4) is 0 Å². The highest BCUT2D eigenvalue weighted by Crippen LogP contribution is 2.35. The van der Waals surface area contributed by atoms with Crippen molar-refractivity contribution in [3.63, 3.8) is 0 Å². The number of aromatic nitrogens is 2. The van der Waals surface area contributed by atoms with E-state index in [1.807, 2.05) is 12.1 Å². The van der Waals surface area contributed by atoms with Gasteiger partial charge in [0.2, 0.25) is 0 Å². The van der Waals surface area contributed by atoms with Crippen LogP contribution in [0.1, 0.15) is 6.42 Å². The monoisotopic (exact) mass is 453 g/mol. The second-order valence-corrected chi connectivity index (χ2v) is 8.31. The van der Waals surface area contributed by atoms with Gasteiger partial charge in [0.25, 0.3) is 0 Å². The topological polar surface area (TPSA) is 80.8 Å². The number of ether oxygens (including phenoxy) is 3. The standard InChI is InChI=1S/C24H28FN5O3/c1-31-21-12-19-18(24(28-15-27-19)29-17-5-3-16(25)4-6-17)11-22(21)32-9-2-8-30-13-20-23(14-30)33-10-7-26-20/h3-6,11-12,15,20,23,26H,2,7-10,13-14H2,1H3,(H,27,28,29). The fourth-order valence-electron chi connectivity index (χ4n) is 4.43. The van der Waals surface area contributed by atoms with Gasteiger partial charge < -0.3 is 24.8 Å². The molecule has 0 bridgehead atoms. The molecule has 2 aliphatic heterocycles. The zero-order valence-electron chi connectivity index (χ0n) is 18.6. The lowest BCUT2D eigenvalue weighted by molar-refractivity contribution is 0.0176. The molecule has 1 aromatic heterocycles. The lowest BCUT2D eigenvalue weighted by Crippen LogP contribution is -2.47. The molecule has 2 fully saturated rings. The number of anilines is 2. The van der Waals surface area contributed by atoms with Crippen molar-refractivity contribution in [3.8, 4) is 11.5 Å². The number of halogens is 1. The van der Waals surface area contributed by atoms with Crippen LogP contribution in [-0.2, 0) is 4.74 Å². The third-order valence-electron chi connectivity index (χ3n) is 6.09. The highest BCUT2D eigenvalue weighted by molar-refractivity contribution is 5.93. The van der Waals surface area contributed by atoms with Crippen LogP contribution in [0.5, 0.6) is 11.5 Å². The van der Waals surface area contributed by atoms with Crippen LogP contribution < -0.4 is 20.1 Å². The number of nitrogens with zero attached hydrogens (tertiary/aromatic N) is 3. The zero-order valence-corrected chi connectivity index (χ0v) is 18.6. The van der Waals surface area contributed by atoms with E-state index in [0.29, 0.717) is 36.1 Å². The minimum atomic E-state index is -0.287. The highest BCUT2D eigenvalue weighted by atomic mass is 19.1. The highest BCUT2D eigenvalue weighted by Gasteiger charge is 2.34. The van der Waals surface area contributed by atoms with E-state index in [1.165, 1.54) is 18.5 Å². The Morgan fingerprint density at radius 3 is 2.88 bits per heavy atom. The minimum Gasteiger partial charge on any atom is -0.493 e. The van der Waals surface area contributed by atoms with E-state index in [9.17, 15) is 4.39 Å². The third-order valence-corrected chi connectivity index (χ3v) is 6.09. The van der Waals surface area contributed by atoms with Crippen molar-refractivity contribution >= 4 is 22.4 Å². The van der Waals surface area contributed by atoms with Crippen molar-refractivity contribution in [1.82, 2.24) is 20.2 Å². The van der Waals surface area contributed by atoms with E-state index in [-0.39, 0.29) is 5.82 Å². The number of hydrogen-bond acceptors (Lipinski definition) is 8. The molecule has 33 heavy (non-hydrogen) atoms. The molecule has 0 spiro atoms. The summed E-state index contributed by atoms with van der Waals surface area (Å²) >= 11 is 0. The van der Waals surface area contributed by atoms with Crippen LogP contribution in [0, 0.1) is 5.82 Å². The Labute approximate surface area is 192 Å². The first-order valence-corrected chi connectivity index (χ1v) is 11.2.